The molecular weight excluding hydrogens is 334 g/mol. The monoisotopic (exact) mass is 355 g/mol. The van der Waals surface area contributed by atoms with Crippen molar-refractivity contribution in [1.29, 1.82) is 0 Å². The molecule has 1 heterocycles. The molecule has 0 aromatic heterocycles. The first-order valence-electron chi connectivity index (χ1n) is 8.37. The minimum absolute atomic E-state index is 0.233. The van der Waals surface area contributed by atoms with Gasteiger partial charge in [0.05, 0.1) is 5.25 Å². The quantitative estimate of drug-likeness (QED) is 0.824. The van der Waals surface area contributed by atoms with Crippen molar-refractivity contribution in [3.63, 3.8) is 0 Å². The van der Waals surface area contributed by atoms with E-state index < -0.39 is 5.25 Å². The summed E-state index contributed by atoms with van der Waals surface area (Å²) in [4.78, 5) is 23.1. The Balaban J connectivity index is 1.72. The fraction of sp³-hybridized carbons (Fsp3) is 0.300. The molecule has 1 fully saturated rings. The van der Waals surface area contributed by atoms with Crippen molar-refractivity contribution < 1.29 is 14.3 Å². The van der Waals surface area contributed by atoms with Gasteiger partial charge in [-0.25, -0.2) is 0 Å². The molecule has 5 heteroatoms. The van der Waals surface area contributed by atoms with Crippen molar-refractivity contribution in [1.82, 2.24) is 5.32 Å². The second-order valence-electron chi connectivity index (χ2n) is 6.54. The highest BCUT2D eigenvalue weighted by Crippen LogP contribution is 2.30. The van der Waals surface area contributed by atoms with E-state index in [0.717, 1.165) is 29.5 Å². The van der Waals surface area contributed by atoms with E-state index in [1.54, 1.807) is 0 Å². The summed E-state index contributed by atoms with van der Waals surface area (Å²) >= 11 is 1.04. The van der Waals surface area contributed by atoms with E-state index >= 15 is 0 Å². The Morgan fingerprint density at radius 2 is 1.80 bits per heavy atom. The van der Waals surface area contributed by atoms with E-state index in [4.69, 9.17) is 4.74 Å². The van der Waals surface area contributed by atoms with Crippen LogP contribution in [0.4, 0.5) is 4.79 Å². The number of amides is 2. The van der Waals surface area contributed by atoms with Gasteiger partial charge in [0.25, 0.3) is 5.24 Å². The summed E-state index contributed by atoms with van der Waals surface area (Å²) in [5, 5.41) is 1.64. The molecule has 1 saturated heterocycles. The third-order valence-corrected chi connectivity index (χ3v) is 4.92. The molecule has 0 aliphatic carbocycles. The third kappa shape index (κ3) is 4.63. The Labute approximate surface area is 152 Å². The number of para-hydroxylation sites is 1. The van der Waals surface area contributed by atoms with Gasteiger partial charge < -0.3 is 4.74 Å². The summed E-state index contributed by atoms with van der Waals surface area (Å²) in [6.45, 7) is 4.39. The summed E-state index contributed by atoms with van der Waals surface area (Å²) in [6, 6.07) is 15.7. The number of imide groups is 1. The van der Waals surface area contributed by atoms with E-state index in [9.17, 15) is 9.59 Å². The Bertz CT molecular complexity index is 771. The number of nitrogens with one attached hydrogen (secondary N) is 1. The average molecular weight is 355 g/mol. The van der Waals surface area contributed by atoms with Crippen LogP contribution < -0.4 is 10.1 Å². The summed E-state index contributed by atoms with van der Waals surface area (Å²) in [7, 11) is 0. The van der Waals surface area contributed by atoms with Gasteiger partial charge in [-0.2, -0.15) is 0 Å². The minimum Gasteiger partial charge on any atom is -0.457 e. The van der Waals surface area contributed by atoms with Crippen molar-refractivity contribution in [2.45, 2.75) is 31.9 Å². The SMILES string of the molecule is CC(C)Cc1ccc(Oc2ccccc2CC2SC(=O)NC2=O)cc1. The van der Waals surface area contributed by atoms with Gasteiger partial charge in [0, 0.05) is 0 Å². The molecule has 25 heavy (non-hydrogen) atoms. The Morgan fingerprint density at radius 3 is 2.44 bits per heavy atom. The lowest BCUT2D eigenvalue weighted by atomic mass is 10.0. The van der Waals surface area contributed by atoms with Crippen molar-refractivity contribution in [3.8, 4) is 11.5 Å². The smallest absolute Gasteiger partial charge is 0.286 e. The molecule has 1 aliphatic rings. The van der Waals surface area contributed by atoms with Crippen LogP contribution in [0.25, 0.3) is 0 Å². The molecule has 0 saturated carbocycles. The van der Waals surface area contributed by atoms with Crippen molar-refractivity contribution in [2.24, 2.45) is 5.92 Å². The molecule has 2 aromatic carbocycles. The number of ether oxygens (including phenoxy) is 1. The number of benzene rings is 2. The molecule has 1 aliphatic heterocycles. The van der Waals surface area contributed by atoms with Crippen molar-refractivity contribution in [3.05, 3.63) is 59.7 Å². The third-order valence-electron chi connectivity index (χ3n) is 3.94. The number of hydrogen-bond donors (Lipinski definition) is 1. The van der Waals surface area contributed by atoms with Gasteiger partial charge >= 0.3 is 0 Å². The predicted molar refractivity (Wildman–Crippen MR) is 100 cm³/mol. The van der Waals surface area contributed by atoms with E-state index in [-0.39, 0.29) is 11.1 Å². The second kappa shape index (κ2) is 7.74. The number of hydrogen-bond acceptors (Lipinski definition) is 4. The zero-order chi connectivity index (χ0) is 17.8. The largest absolute Gasteiger partial charge is 0.457 e. The molecule has 2 aromatic rings. The molecule has 1 atom stereocenters. The van der Waals surface area contributed by atoms with Gasteiger partial charge in [-0.1, -0.05) is 55.9 Å². The van der Waals surface area contributed by atoms with Crippen LogP contribution in [0.15, 0.2) is 48.5 Å². The van der Waals surface area contributed by atoms with Crippen LogP contribution >= 0.6 is 11.8 Å². The highest BCUT2D eigenvalue weighted by molar-refractivity contribution is 8.15. The molecule has 0 radical (unpaired) electrons. The summed E-state index contributed by atoms with van der Waals surface area (Å²) in [6.07, 6.45) is 1.50. The zero-order valence-corrected chi connectivity index (χ0v) is 15.1. The zero-order valence-electron chi connectivity index (χ0n) is 14.3. The first-order chi connectivity index (χ1) is 12.0. The van der Waals surface area contributed by atoms with Crippen LogP contribution in [0.1, 0.15) is 25.0 Å². The number of rotatable bonds is 6. The topological polar surface area (TPSA) is 55.4 Å². The second-order valence-corrected chi connectivity index (χ2v) is 7.71. The first kappa shape index (κ1) is 17.5. The summed E-state index contributed by atoms with van der Waals surface area (Å²) in [5.74, 6) is 1.86. The maximum absolute atomic E-state index is 11.8. The number of thioether (sulfide) groups is 1. The maximum atomic E-state index is 11.8. The minimum atomic E-state index is -0.398. The van der Waals surface area contributed by atoms with Crippen LogP contribution in [0.2, 0.25) is 0 Å². The van der Waals surface area contributed by atoms with Gasteiger partial charge in [-0.3, -0.25) is 14.9 Å². The van der Waals surface area contributed by atoms with Crippen molar-refractivity contribution in [2.75, 3.05) is 0 Å². The lowest BCUT2D eigenvalue weighted by Crippen LogP contribution is -2.25. The average Bonchev–Trinajstić information content (AvgIpc) is 2.88. The number of carbonyl (C=O) groups is 2. The molecule has 0 bridgehead atoms. The summed E-state index contributed by atoms with van der Waals surface area (Å²) in [5.41, 5.74) is 2.20. The van der Waals surface area contributed by atoms with Crippen LogP contribution in [0.3, 0.4) is 0 Å². The van der Waals surface area contributed by atoms with Gasteiger partial charge in [-0.15, -0.1) is 0 Å². The highest BCUT2D eigenvalue weighted by atomic mass is 32.2. The fourth-order valence-corrected chi connectivity index (χ4v) is 3.64. The van der Waals surface area contributed by atoms with Crippen LogP contribution in [-0.4, -0.2) is 16.4 Å². The Morgan fingerprint density at radius 1 is 1.08 bits per heavy atom. The van der Waals surface area contributed by atoms with E-state index in [2.05, 4.69) is 31.3 Å². The Hall–Kier alpha value is -2.27. The lowest BCUT2D eigenvalue weighted by Gasteiger charge is -2.13. The maximum Gasteiger partial charge on any atom is 0.286 e. The van der Waals surface area contributed by atoms with Gasteiger partial charge in [0.15, 0.2) is 0 Å². The molecule has 1 N–H and O–H groups in total. The van der Waals surface area contributed by atoms with Gasteiger partial charge in [0.1, 0.15) is 11.5 Å². The lowest BCUT2D eigenvalue weighted by molar-refractivity contribution is -0.118. The molecule has 3 rings (SSSR count). The van der Waals surface area contributed by atoms with Crippen molar-refractivity contribution >= 4 is 22.9 Å². The van der Waals surface area contributed by atoms with Gasteiger partial charge in [0.2, 0.25) is 5.91 Å². The molecule has 4 nitrogen and oxygen atoms in total. The highest BCUT2D eigenvalue weighted by Gasteiger charge is 2.32. The standard InChI is InChI=1S/C20H21NO3S/c1-13(2)11-14-7-9-16(10-8-14)24-17-6-4-3-5-15(17)12-18-19(22)21-20(23)25-18/h3-10,13,18H,11-12H2,1-2H3,(H,21,22,23). The molecule has 0 spiro atoms. The van der Waals surface area contributed by atoms with Gasteiger partial charge in [-0.05, 0) is 48.1 Å². The predicted octanol–water partition coefficient (Wildman–Crippen LogP) is 4.57. The fourth-order valence-electron chi connectivity index (χ4n) is 2.79. The van der Waals surface area contributed by atoms with Crippen LogP contribution in [0, 0.1) is 5.92 Å². The van der Waals surface area contributed by atoms with E-state index in [1.807, 2.05) is 36.4 Å². The van der Waals surface area contributed by atoms with Crippen LogP contribution in [-0.2, 0) is 17.6 Å². The normalized spacial score (nSPS) is 17.0. The molecule has 130 valence electrons. The summed E-state index contributed by atoms with van der Waals surface area (Å²) < 4.78 is 6.02. The Kier molecular flexibility index (Phi) is 5.43. The molecular formula is C20H21NO3S. The number of carbonyl (C=O) groups excluding carboxylic acids is 2. The molecule has 1 unspecified atom stereocenters. The van der Waals surface area contributed by atoms with Crippen LogP contribution in [0.5, 0.6) is 11.5 Å². The van der Waals surface area contributed by atoms with E-state index in [0.29, 0.717) is 18.1 Å². The van der Waals surface area contributed by atoms with E-state index in [1.165, 1.54) is 5.56 Å². The molecule has 2 amide bonds. The first-order valence-corrected chi connectivity index (χ1v) is 9.25.